The zero-order valence-electron chi connectivity index (χ0n) is 11.4. The van der Waals surface area contributed by atoms with E-state index in [1.165, 1.54) is 31.4 Å². The Hall–Kier alpha value is -0.550. The van der Waals surface area contributed by atoms with Gasteiger partial charge in [0, 0.05) is 6.54 Å². The van der Waals surface area contributed by atoms with E-state index in [2.05, 4.69) is 4.90 Å². The molecule has 1 fully saturated rings. The fraction of sp³-hybridized carbons (Fsp3) is 0.500. The number of carbonyl (C=O) groups excluding carboxylic acids is 1. The molecule has 1 aromatic rings. The smallest absolute Gasteiger partial charge is 0.545 e. The maximum Gasteiger partial charge on any atom is 1.00 e. The summed E-state index contributed by atoms with van der Waals surface area (Å²) in [6.07, 6.45) is 3.89. The molecule has 2 rings (SSSR count). The van der Waals surface area contributed by atoms with Crippen molar-refractivity contribution in [3.8, 4) is 5.75 Å². The molecule has 0 unspecified atom stereocenters. The van der Waals surface area contributed by atoms with Gasteiger partial charge in [-0.3, -0.25) is 4.90 Å². The van der Waals surface area contributed by atoms with Crippen LogP contribution in [0, 0.1) is 0 Å². The molecule has 1 heterocycles. The number of carboxylic acid groups (broad SMARTS) is 1. The second-order valence-electron chi connectivity index (χ2n) is 4.56. The molecule has 0 amide bonds. The molecule has 19 heavy (non-hydrogen) atoms. The minimum atomic E-state index is -1.16. The van der Waals surface area contributed by atoms with E-state index in [9.17, 15) is 9.90 Å². The molecule has 5 heteroatoms. The van der Waals surface area contributed by atoms with Gasteiger partial charge in [-0.1, -0.05) is 6.42 Å². The quantitative estimate of drug-likeness (QED) is 0.577. The summed E-state index contributed by atoms with van der Waals surface area (Å²) in [7, 11) is 0. The Morgan fingerprint density at radius 2 is 1.79 bits per heavy atom. The fourth-order valence-corrected chi connectivity index (χ4v) is 2.16. The van der Waals surface area contributed by atoms with Gasteiger partial charge in [0.1, 0.15) is 12.4 Å². The predicted octanol–water partition coefficient (Wildman–Crippen LogP) is -2.08. The molecular weight excluding hydrogens is 253 g/mol. The monoisotopic (exact) mass is 271 g/mol. The minimum absolute atomic E-state index is 0. The number of carboxylic acids is 1. The number of aromatic carboxylic acids is 1. The van der Waals surface area contributed by atoms with Gasteiger partial charge in [-0.15, -0.1) is 0 Å². The molecule has 0 aromatic heterocycles. The maximum atomic E-state index is 10.6. The van der Waals surface area contributed by atoms with Gasteiger partial charge in [-0.25, -0.2) is 0 Å². The summed E-state index contributed by atoms with van der Waals surface area (Å²) >= 11 is 0. The van der Waals surface area contributed by atoms with E-state index in [4.69, 9.17) is 4.74 Å². The van der Waals surface area contributed by atoms with Crippen LogP contribution in [0.3, 0.4) is 0 Å². The van der Waals surface area contributed by atoms with Crippen molar-refractivity contribution in [1.29, 1.82) is 0 Å². The van der Waals surface area contributed by atoms with Crippen LogP contribution < -0.4 is 39.4 Å². The molecule has 1 aliphatic rings. The maximum absolute atomic E-state index is 10.6. The molecule has 0 saturated carbocycles. The summed E-state index contributed by atoms with van der Waals surface area (Å²) in [5.41, 5.74) is 0.179. The van der Waals surface area contributed by atoms with Crippen molar-refractivity contribution < 1.29 is 44.2 Å². The first-order valence-electron chi connectivity index (χ1n) is 6.42. The summed E-state index contributed by atoms with van der Waals surface area (Å²) in [5, 5.41) is 10.6. The van der Waals surface area contributed by atoms with Crippen LogP contribution in [0.5, 0.6) is 5.75 Å². The van der Waals surface area contributed by atoms with E-state index in [0.29, 0.717) is 12.4 Å². The van der Waals surface area contributed by atoms with Crippen molar-refractivity contribution in [1.82, 2.24) is 4.90 Å². The second-order valence-corrected chi connectivity index (χ2v) is 4.56. The van der Waals surface area contributed by atoms with Gasteiger partial charge in [-0.2, -0.15) is 0 Å². The average molecular weight is 271 g/mol. The van der Waals surface area contributed by atoms with E-state index >= 15 is 0 Å². The topological polar surface area (TPSA) is 52.6 Å². The number of likely N-dealkylation sites (tertiary alicyclic amines) is 1. The molecule has 0 radical (unpaired) electrons. The second kappa shape index (κ2) is 8.59. The van der Waals surface area contributed by atoms with Crippen LogP contribution in [-0.2, 0) is 0 Å². The Balaban J connectivity index is 0.00000180. The van der Waals surface area contributed by atoms with Gasteiger partial charge < -0.3 is 14.6 Å². The summed E-state index contributed by atoms with van der Waals surface area (Å²) in [6, 6.07) is 6.35. The third kappa shape index (κ3) is 5.53. The third-order valence-electron chi connectivity index (χ3n) is 3.21. The summed E-state index contributed by atoms with van der Waals surface area (Å²) in [5.74, 6) is -0.452. The molecule has 4 nitrogen and oxygen atoms in total. The first-order chi connectivity index (χ1) is 8.75. The Morgan fingerprint density at radius 1 is 1.16 bits per heavy atom. The Morgan fingerprint density at radius 3 is 2.37 bits per heavy atom. The number of hydrogen-bond donors (Lipinski definition) is 0. The fourth-order valence-electron chi connectivity index (χ4n) is 2.16. The number of nitrogens with zero attached hydrogens (tertiary/aromatic N) is 1. The van der Waals surface area contributed by atoms with Crippen LogP contribution in [-0.4, -0.2) is 37.1 Å². The van der Waals surface area contributed by atoms with Gasteiger partial charge in [0.25, 0.3) is 0 Å². The number of carbonyl (C=O) groups is 1. The molecule has 0 aliphatic carbocycles. The number of benzene rings is 1. The van der Waals surface area contributed by atoms with E-state index < -0.39 is 5.97 Å². The SMILES string of the molecule is O=C([O-])c1ccc(OCCN2CCCCC2)cc1.[Na+]. The standard InChI is InChI=1S/C14H19NO3.Na/c16-14(17)12-4-6-13(7-5-12)18-11-10-15-8-2-1-3-9-15;/h4-7H,1-3,8-11H2,(H,16,17);/q;+1/p-1. The Labute approximate surface area is 136 Å². The predicted molar refractivity (Wildman–Crippen MR) is 66.6 cm³/mol. The molecule has 1 aromatic carbocycles. The number of rotatable bonds is 5. The first kappa shape index (κ1) is 16.5. The number of piperidine rings is 1. The van der Waals surface area contributed by atoms with Crippen LogP contribution in [0.2, 0.25) is 0 Å². The molecule has 0 bridgehead atoms. The van der Waals surface area contributed by atoms with Crippen molar-refractivity contribution in [3.05, 3.63) is 29.8 Å². The third-order valence-corrected chi connectivity index (χ3v) is 3.21. The largest absolute Gasteiger partial charge is 1.00 e. The van der Waals surface area contributed by atoms with Crippen LogP contribution in [0.4, 0.5) is 0 Å². The van der Waals surface area contributed by atoms with Gasteiger partial charge in [0.05, 0.1) is 5.97 Å². The summed E-state index contributed by atoms with van der Waals surface area (Å²) in [6.45, 7) is 3.90. The zero-order valence-corrected chi connectivity index (χ0v) is 13.4. The summed E-state index contributed by atoms with van der Waals surface area (Å²) in [4.78, 5) is 13.0. The van der Waals surface area contributed by atoms with Crippen LogP contribution in [0.1, 0.15) is 29.6 Å². The normalized spacial score (nSPS) is 15.6. The zero-order chi connectivity index (χ0) is 12.8. The van der Waals surface area contributed by atoms with E-state index in [1.54, 1.807) is 12.1 Å². The molecular formula is C14H18NNaO3. The van der Waals surface area contributed by atoms with Crippen LogP contribution in [0.25, 0.3) is 0 Å². The molecule has 98 valence electrons. The van der Waals surface area contributed by atoms with Gasteiger partial charge in [-0.05, 0) is 55.8 Å². The van der Waals surface area contributed by atoms with Crippen molar-refractivity contribution in [2.24, 2.45) is 0 Å². The van der Waals surface area contributed by atoms with Crippen molar-refractivity contribution in [2.45, 2.75) is 19.3 Å². The van der Waals surface area contributed by atoms with Gasteiger partial charge in [0.2, 0.25) is 0 Å². The Kier molecular flexibility index (Phi) is 7.46. The van der Waals surface area contributed by atoms with Gasteiger partial charge in [0.15, 0.2) is 0 Å². The molecule has 1 saturated heterocycles. The molecule has 1 aliphatic heterocycles. The number of ether oxygens (including phenoxy) is 1. The van der Waals surface area contributed by atoms with Crippen molar-refractivity contribution in [3.63, 3.8) is 0 Å². The first-order valence-corrected chi connectivity index (χ1v) is 6.42. The van der Waals surface area contributed by atoms with Crippen molar-refractivity contribution in [2.75, 3.05) is 26.2 Å². The van der Waals surface area contributed by atoms with Crippen LogP contribution in [0.15, 0.2) is 24.3 Å². The Bertz CT molecular complexity index is 388. The van der Waals surface area contributed by atoms with E-state index in [-0.39, 0.29) is 35.1 Å². The number of hydrogen-bond acceptors (Lipinski definition) is 4. The average Bonchev–Trinajstić information content (AvgIpc) is 2.40. The minimum Gasteiger partial charge on any atom is -0.545 e. The summed E-state index contributed by atoms with van der Waals surface area (Å²) < 4.78 is 5.59. The molecule has 0 N–H and O–H groups in total. The van der Waals surface area contributed by atoms with E-state index in [1.807, 2.05) is 0 Å². The van der Waals surface area contributed by atoms with Gasteiger partial charge >= 0.3 is 29.6 Å². The van der Waals surface area contributed by atoms with Crippen molar-refractivity contribution >= 4 is 5.97 Å². The van der Waals surface area contributed by atoms with Crippen LogP contribution >= 0.6 is 0 Å². The van der Waals surface area contributed by atoms with E-state index in [0.717, 1.165) is 19.6 Å². The molecule has 0 spiro atoms. The molecule has 0 atom stereocenters.